The van der Waals surface area contributed by atoms with Crippen molar-refractivity contribution >= 4 is 22.4 Å². The highest BCUT2D eigenvalue weighted by Gasteiger charge is 2.27. The maximum Gasteiger partial charge on any atom is 0.305 e. The van der Waals surface area contributed by atoms with E-state index in [1.807, 2.05) is 5.38 Å². The molecule has 0 radical (unpaired) electrons. The number of carbonyl (C=O) groups is 1. The van der Waals surface area contributed by atoms with E-state index in [2.05, 4.69) is 21.7 Å². The van der Waals surface area contributed by atoms with Crippen molar-refractivity contribution in [1.29, 1.82) is 0 Å². The van der Waals surface area contributed by atoms with Crippen LogP contribution in [0.15, 0.2) is 5.38 Å². The average Bonchev–Trinajstić information content (AvgIpc) is 3.04. The van der Waals surface area contributed by atoms with Crippen molar-refractivity contribution < 1.29 is 9.53 Å². The lowest BCUT2D eigenvalue weighted by Crippen LogP contribution is -2.19. The first-order valence-electron chi connectivity index (χ1n) is 5.44. The van der Waals surface area contributed by atoms with Crippen molar-refractivity contribution in [3.8, 4) is 0 Å². The fraction of sp³-hybridized carbons (Fsp3) is 0.636. The first-order chi connectivity index (χ1) is 7.70. The molecule has 1 fully saturated rings. The average molecular weight is 240 g/mol. The quantitative estimate of drug-likeness (QED) is 0.737. The van der Waals surface area contributed by atoms with Gasteiger partial charge in [0.25, 0.3) is 0 Å². The third-order valence-electron chi connectivity index (χ3n) is 2.75. The highest BCUT2D eigenvalue weighted by atomic mass is 32.1. The number of hydrogen-bond acceptors (Lipinski definition) is 5. The van der Waals surface area contributed by atoms with Gasteiger partial charge >= 0.3 is 5.97 Å². The molecule has 4 nitrogen and oxygen atoms in total. The van der Waals surface area contributed by atoms with Crippen molar-refractivity contribution in [2.75, 3.05) is 19.1 Å². The molecule has 1 aromatic heterocycles. The van der Waals surface area contributed by atoms with E-state index in [0.29, 0.717) is 18.9 Å². The Bertz CT molecular complexity index is 374. The predicted octanol–water partition coefficient (Wildman–Crippen LogP) is 1.85. The molecule has 0 atom stereocenters. The molecule has 1 heterocycles. The number of nitrogens with zero attached hydrogens (tertiary/aromatic N) is 2. The minimum absolute atomic E-state index is 0.176. The largest absolute Gasteiger partial charge is 0.469 e. The van der Waals surface area contributed by atoms with E-state index < -0.39 is 0 Å². The smallest absolute Gasteiger partial charge is 0.305 e. The third-order valence-corrected chi connectivity index (χ3v) is 3.73. The van der Waals surface area contributed by atoms with Crippen LogP contribution in [0.3, 0.4) is 0 Å². The molecular weight excluding hydrogens is 224 g/mol. The number of hydrogen-bond donors (Lipinski definition) is 0. The van der Waals surface area contributed by atoms with Crippen molar-refractivity contribution in [2.24, 2.45) is 0 Å². The molecule has 5 heteroatoms. The molecule has 16 heavy (non-hydrogen) atoms. The second-order valence-electron chi connectivity index (χ2n) is 4.04. The summed E-state index contributed by atoms with van der Waals surface area (Å²) < 4.78 is 4.60. The van der Waals surface area contributed by atoms with Gasteiger partial charge in [-0.15, -0.1) is 11.3 Å². The maximum absolute atomic E-state index is 11.0. The van der Waals surface area contributed by atoms with Gasteiger partial charge in [-0.1, -0.05) is 0 Å². The van der Waals surface area contributed by atoms with Gasteiger partial charge in [0.2, 0.25) is 0 Å². The van der Waals surface area contributed by atoms with E-state index in [-0.39, 0.29) is 5.97 Å². The number of carbonyl (C=O) groups excluding carboxylic acids is 1. The normalized spacial score (nSPS) is 14.9. The number of thiazole rings is 1. The third kappa shape index (κ3) is 2.72. The molecule has 1 aliphatic carbocycles. The zero-order chi connectivity index (χ0) is 11.5. The molecule has 0 unspecified atom stereocenters. The van der Waals surface area contributed by atoms with E-state index in [9.17, 15) is 4.79 Å². The summed E-state index contributed by atoms with van der Waals surface area (Å²) in [7, 11) is 3.50. The molecule has 0 amide bonds. The van der Waals surface area contributed by atoms with E-state index in [1.165, 1.54) is 20.0 Å². The van der Waals surface area contributed by atoms with Gasteiger partial charge in [0.15, 0.2) is 5.13 Å². The van der Waals surface area contributed by atoms with Crippen molar-refractivity contribution in [3.63, 3.8) is 0 Å². The number of ether oxygens (including phenoxy) is 1. The SMILES string of the molecule is COC(=O)CCc1csc(N(C)C2CC2)n1. The zero-order valence-electron chi connectivity index (χ0n) is 9.60. The number of aromatic nitrogens is 1. The highest BCUT2D eigenvalue weighted by molar-refractivity contribution is 7.13. The zero-order valence-corrected chi connectivity index (χ0v) is 10.4. The lowest BCUT2D eigenvalue weighted by atomic mass is 10.2. The molecule has 1 aliphatic rings. The number of esters is 1. The molecule has 1 saturated carbocycles. The van der Waals surface area contributed by atoms with E-state index >= 15 is 0 Å². The lowest BCUT2D eigenvalue weighted by molar-refractivity contribution is -0.140. The second-order valence-corrected chi connectivity index (χ2v) is 4.88. The molecule has 0 N–H and O–H groups in total. The lowest BCUT2D eigenvalue weighted by Gasteiger charge is -2.13. The molecule has 2 rings (SSSR count). The van der Waals surface area contributed by atoms with E-state index in [0.717, 1.165) is 10.8 Å². The summed E-state index contributed by atoms with van der Waals surface area (Å²) in [5.41, 5.74) is 0.984. The number of aryl methyl sites for hydroxylation is 1. The van der Waals surface area contributed by atoms with Crippen molar-refractivity contribution in [3.05, 3.63) is 11.1 Å². The molecule has 0 aromatic carbocycles. The van der Waals surface area contributed by atoms with Crippen LogP contribution in [0.1, 0.15) is 25.0 Å². The van der Waals surface area contributed by atoms with Gasteiger partial charge in [-0.2, -0.15) is 0 Å². The summed E-state index contributed by atoms with van der Waals surface area (Å²) >= 11 is 1.65. The van der Waals surface area contributed by atoms with E-state index in [4.69, 9.17) is 0 Å². The fourth-order valence-corrected chi connectivity index (χ4v) is 2.42. The Balaban J connectivity index is 1.88. The number of methoxy groups -OCH3 is 1. The summed E-state index contributed by atoms with van der Waals surface area (Å²) in [6.45, 7) is 0. The minimum Gasteiger partial charge on any atom is -0.469 e. The molecule has 1 aromatic rings. The summed E-state index contributed by atoms with van der Waals surface area (Å²) in [5.74, 6) is -0.176. The van der Waals surface area contributed by atoms with Crippen LogP contribution in [-0.4, -0.2) is 31.2 Å². The Morgan fingerprint density at radius 2 is 2.44 bits per heavy atom. The van der Waals surface area contributed by atoms with E-state index in [1.54, 1.807) is 11.3 Å². The topological polar surface area (TPSA) is 42.4 Å². The van der Waals surface area contributed by atoms with Crippen LogP contribution in [0, 0.1) is 0 Å². The summed E-state index contributed by atoms with van der Waals surface area (Å²) in [4.78, 5) is 17.7. The predicted molar refractivity (Wildman–Crippen MR) is 63.9 cm³/mol. The Kier molecular flexibility index (Phi) is 3.43. The first-order valence-corrected chi connectivity index (χ1v) is 6.32. The van der Waals surface area contributed by atoms with Crippen LogP contribution in [0.2, 0.25) is 0 Å². The summed E-state index contributed by atoms with van der Waals surface area (Å²) in [6.07, 6.45) is 3.62. The summed E-state index contributed by atoms with van der Waals surface area (Å²) in [5, 5.41) is 3.08. The van der Waals surface area contributed by atoms with Gasteiger partial charge in [0, 0.05) is 24.9 Å². The van der Waals surface area contributed by atoms with Gasteiger partial charge in [0.05, 0.1) is 19.2 Å². The van der Waals surface area contributed by atoms with Gasteiger partial charge in [0.1, 0.15) is 0 Å². The molecule has 88 valence electrons. The monoisotopic (exact) mass is 240 g/mol. The maximum atomic E-state index is 11.0. The highest BCUT2D eigenvalue weighted by Crippen LogP contribution is 2.32. The molecule has 0 bridgehead atoms. The minimum atomic E-state index is -0.176. The van der Waals surface area contributed by atoms with Crippen molar-refractivity contribution in [1.82, 2.24) is 4.98 Å². The van der Waals surface area contributed by atoms with Crippen molar-refractivity contribution in [2.45, 2.75) is 31.7 Å². The van der Waals surface area contributed by atoms with Crippen LogP contribution in [0.4, 0.5) is 5.13 Å². The molecule has 0 saturated heterocycles. The van der Waals surface area contributed by atoms with Crippen LogP contribution in [-0.2, 0) is 16.0 Å². The van der Waals surface area contributed by atoms with Crippen LogP contribution >= 0.6 is 11.3 Å². The Morgan fingerprint density at radius 3 is 3.06 bits per heavy atom. The Labute approximate surface area is 99.2 Å². The number of rotatable bonds is 5. The number of anilines is 1. The molecular formula is C11H16N2O2S. The Hall–Kier alpha value is -1.10. The van der Waals surface area contributed by atoms with Gasteiger partial charge in [-0.05, 0) is 12.8 Å². The van der Waals surface area contributed by atoms with Crippen LogP contribution in [0.25, 0.3) is 0 Å². The summed E-state index contributed by atoms with van der Waals surface area (Å²) in [6, 6.07) is 0.680. The molecule has 0 aliphatic heterocycles. The van der Waals surface area contributed by atoms with Gasteiger partial charge < -0.3 is 9.64 Å². The fourth-order valence-electron chi connectivity index (χ4n) is 1.52. The Morgan fingerprint density at radius 1 is 1.69 bits per heavy atom. The standard InChI is InChI=1S/C11H16N2O2S/c1-13(9-4-5-9)11-12-8(7-16-11)3-6-10(14)15-2/h7,9H,3-6H2,1-2H3. The van der Waals surface area contributed by atoms with Crippen LogP contribution in [0.5, 0.6) is 0 Å². The van der Waals surface area contributed by atoms with Crippen LogP contribution < -0.4 is 4.90 Å². The van der Waals surface area contributed by atoms with Gasteiger partial charge in [-0.25, -0.2) is 4.98 Å². The van der Waals surface area contributed by atoms with Gasteiger partial charge in [-0.3, -0.25) is 4.79 Å². The first kappa shape index (κ1) is 11.4. The second kappa shape index (κ2) is 4.82. The molecule has 0 spiro atoms.